The predicted molar refractivity (Wildman–Crippen MR) is 72.2 cm³/mol. The maximum Gasteiger partial charge on any atom is 0.141 e. The van der Waals surface area contributed by atoms with Crippen molar-refractivity contribution in [2.24, 2.45) is 0 Å². The third kappa shape index (κ3) is 2.69. The summed E-state index contributed by atoms with van der Waals surface area (Å²) in [6.07, 6.45) is 0. The fourth-order valence-electron chi connectivity index (χ4n) is 1.86. The van der Waals surface area contributed by atoms with Gasteiger partial charge in [0.25, 0.3) is 0 Å². The van der Waals surface area contributed by atoms with Crippen molar-refractivity contribution in [3.05, 3.63) is 51.5 Å². The SMILES string of the molecule is Cc1cc(C(C#N)Nc2cccc(F)c2)c(C)s1. The van der Waals surface area contributed by atoms with E-state index in [1.807, 2.05) is 19.9 Å². The first-order valence-corrected chi connectivity index (χ1v) is 6.40. The number of benzene rings is 1. The van der Waals surface area contributed by atoms with Crippen LogP contribution in [0.15, 0.2) is 30.3 Å². The van der Waals surface area contributed by atoms with Gasteiger partial charge >= 0.3 is 0 Å². The molecule has 0 saturated carbocycles. The molecule has 0 amide bonds. The van der Waals surface area contributed by atoms with Gasteiger partial charge in [-0.15, -0.1) is 11.3 Å². The van der Waals surface area contributed by atoms with Crippen molar-refractivity contribution in [2.75, 3.05) is 5.32 Å². The Morgan fingerprint density at radius 2 is 2.11 bits per heavy atom. The van der Waals surface area contributed by atoms with Gasteiger partial charge in [-0.05, 0) is 38.1 Å². The topological polar surface area (TPSA) is 35.8 Å². The van der Waals surface area contributed by atoms with E-state index in [0.717, 1.165) is 10.4 Å². The van der Waals surface area contributed by atoms with Gasteiger partial charge in [-0.3, -0.25) is 0 Å². The monoisotopic (exact) mass is 260 g/mol. The first kappa shape index (κ1) is 12.6. The minimum atomic E-state index is -0.447. The van der Waals surface area contributed by atoms with Crippen LogP contribution in [0.5, 0.6) is 0 Å². The second-order valence-electron chi connectivity index (χ2n) is 4.09. The van der Waals surface area contributed by atoms with Crippen LogP contribution in [-0.2, 0) is 0 Å². The van der Waals surface area contributed by atoms with Gasteiger partial charge in [-0.2, -0.15) is 5.26 Å². The van der Waals surface area contributed by atoms with Gasteiger partial charge in [-0.25, -0.2) is 4.39 Å². The third-order valence-corrected chi connectivity index (χ3v) is 3.64. The molecule has 0 radical (unpaired) electrons. The van der Waals surface area contributed by atoms with Crippen molar-refractivity contribution in [3.8, 4) is 6.07 Å². The normalized spacial score (nSPS) is 11.9. The highest BCUT2D eigenvalue weighted by atomic mass is 32.1. The Morgan fingerprint density at radius 1 is 1.33 bits per heavy atom. The number of hydrogen-bond donors (Lipinski definition) is 1. The molecule has 1 unspecified atom stereocenters. The van der Waals surface area contributed by atoms with Crippen molar-refractivity contribution in [2.45, 2.75) is 19.9 Å². The zero-order valence-corrected chi connectivity index (χ0v) is 11.0. The maximum atomic E-state index is 13.1. The highest BCUT2D eigenvalue weighted by Crippen LogP contribution is 2.28. The number of thiophene rings is 1. The molecule has 0 aliphatic heterocycles. The Labute approximate surface area is 110 Å². The number of hydrogen-bond acceptors (Lipinski definition) is 3. The smallest absolute Gasteiger partial charge is 0.141 e. The van der Waals surface area contributed by atoms with Crippen LogP contribution >= 0.6 is 11.3 Å². The Kier molecular flexibility index (Phi) is 3.63. The van der Waals surface area contributed by atoms with E-state index in [4.69, 9.17) is 0 Å². The average molecular weight is 260 g/mol. The maximum absolute atomic E-state index is 13.1. The molecule has 2 rings (SSSR count). The summed E-state index contributed by atoms with van der Waals surface area (Å²) in [6.45, 7) is 4.00. The minimum absolute atomic E-state index is 0.310. The lowest BCUT2D eigenvalue weighted by molar-refractivity contribution is 0.628. The molecule has 4 heteroatoms. The van der Waals surface area contributed by atoms with Gasteiger partial charge in [-0.1, -0.05) is 6.07 Å². The molecule has 0 saturated heterocycles. The number of nitrogens with one attached hydrogen (secondary N) is 1. The van der Waals surface area contributed by atoms with E-state index in [0.29, 0.717) is 5.69 Å². The number of halogens is 1. The second-order valence-corrected chi connectivity index (χ2v) is 5.55. The lowest BCUT2D eigenvalue weighted by Gasteiger charge is -2.12. The van der Waals surface area contributed by atoms with Crippen molar-refractivity contribution in [1.82, 2.24) is 0 Å². The number of anilines is 1. The van der Waals surface area contributed by atoms with Gasteiger partial charge in [0, 0.05) is 21.0 Å². The summed E-state index contributed by atoms with van der Waals surface area (Å²) in [4.78, 5) is 2.28. The molecule has 0 bridgehead atoms. The van der Waals surface area contributed by atoms with E-state index in [2.05, 4.69) is 11.4 Å². The molecule has 2 aromatic rings. The molecule has 0 fully saturated rings. The summed E-state index contributed by atoms with van der Waals surface area (Å²) in [6, 6.07) is 9.91. The lowest BCUT2D eigenvalue weighted by atomic mass is 10.1. The molecular weight excluding hydrogens is 247 g/mol. The fraction of sp³-hybridized carbons (Fsp3) is 0.214. The second kappa shape index (κ2) is 5.19. The summed E-state index contributed by atoms with van der Waals surface area (Å²) >= 11 is 1.66. The first-order chi connectivity index (χ1) is 8.60. The van der Waals surface area contributed by atoms with E-state index in [-0.39, 0.29) is 5.82 Å². The van der Waals surface area contributed by atoms with E-state index >= 15 is 0 Å². The largest absolute Gasteiger partial charge is 0.366 e. The predicted octanol–water partition coefficient (Wildman–Crippen LogP) is 4.18. The molecular formula is C14H13FN2S. The Bertz CT molecular complexity index is 598. The molecule has 0 aliphatic rings. The van der Waals surface area contributed by atoms with Crippen LogP contribution in [0, 0.1) is 31.0 Å². The van der Waals surface area contributed by atoms with Crippen LogP contribution in [-0.4, -0.2) is 0 Å². The highest BCUT2D eigenvalue weighted by Gasteiger charge is 2.15. The van der Waals surface area contributed by atoms with Crippen LogP contribution in [0.2, 0.25) is 0 Å². The summed E-state index contributed by atoms with van der Waals surface area (Å²) in [5, 5.41) is 12.3. The zero-order chi connectivity index (χ0) is 13.1. The van der Waals surface area contributed by atoms with Crippen molar-refractivity contribution in [3.63, 3.8) is 0 Å². The number of aryl methyl sites for hydroxylation is 2. The number of nitrogens with zero attached hydrogens (tertiary/aromatic N) is 1. The number of rotatable bonds is 3. The molecule has 0 spiro atoms. The van der Waals surface area contributed by atoms with Crippen molar-refractivity contribution < 1.29 is 4.39 Å². The van der Waals surface area contributed by atoms with Crippen LogP contribution in [0.4, 0.5) is 10.1 Å². The van der Waals surface area contributed by atoms with E-state index in [1.165, 1.54) is 17.0 Å². The molecule has 92 valence electrons. The fourth-order valence-corrected chi connectivity index (χ4v) is 2.83. The molecule has 2 nitrogen and oxygen atoms in total. The molecule has 1 aromatic carbocycles. The summed E-state index contributed by atoms with van der Waals surface area (Å²) in [5.74, 6) is -0.310. The summed E-state index contributed by atoms with van der Waals surface area (Å²) in [7, 11) is 0. The summed E-state index contributed by atoms with van der Waals surface area (Å²) < 4.78 is 13.1. The Morgan fingerprint density at radius 3 is 2.67 bits per heavy atom. The van der Waals surface area contributed by atoms with Crippen LogP contribution < -0.4 is 5.32 Å². The molecule has 1 heterocycles. The standard InChI is InChI=1S/C14H13FN2S/c1-9-6-13(10(2)18-9)14(8-16)17-12-5-3-4-11(15)7-12/h3-7,14,17H,1-2H3. The van der Waals surface area contributed by atoms with E-state index in [1.54, 1.807) is 23.5 Å². The zero-order valence-electron chi connectivity index (χ0n) is 10.2. The van der Waals surface area contributed by atoms with Gasteiger partial charge in [0.2, 0.25) is 0 Å². The lowest BCUT2D eigenvalue weighted by Crippen LogP contribution is -2.08. The quantitative estimate of drug-likeness (QED) is 0.898. The van der Waals surface area contributed by atoms with Crippen molar-refractivity contribution >= 4 is 17.0 Å². The Balaban J connectivity index is 2.26. The molecule has 18 heavy (non-hydrogen) atoms. The molecule has 1 N–H and O–H groups in total. The van der Waals surface area contributed by atoms with Crippen LogP contribution in [0.3, 0.4) is 0 Å². The molecule has 1 atom stereocenters. The highest BCUT2D eigenvalue weighted by molar-refractivity contribution is 7.12. The van der Waals surface area contributed by atoms with Gasteiger partial charge in [0.05, 0.1) is 6.07 Å². The summed E-state index contributed by atoms with van der Waals surface area (Å²) in [5.41, 5.74) is 1.58. The third-order valence-electron chi connectivity index (χ3n) is 2.66. The molecule has 1 aromatic heterocycles. The van der Waals surface area contributed by atoms with E-state index in [9.17, 15) is 9.65 Å². The van der Waals surface area contributed by atoms with Gasteiger partial charge in [0.1, 0.15) is 11.9 Å². The van der Waals surface area contributed by atoms with Crippen LogP contribution in [0.1, 0.15) is 21.4 Å². The van der Waals surface area contributed by atoms with Crippen LogP contribution in [0.25, 0.3) is 0 Å². The van der Waals surface area contributed by atoms with Gasteiger partial charge in [0.15, 0.2) is 0 Å². The van der Waals surface area contributed by atoms with Crippen molar-refractivity contribution in [1.29, 1.82) is 5.26 Å². The van der Waals surface area contributed by atoms with E-state index < -0.39 is 6.04 Å². The van der Waals surface area contributed by atoms with Gasteiger partial charge < -0.3 is 5.32 Å². The molecule has 0 aliphatic carbocycles. The first-order valence-electron chi connectivity index (χ1n) is 5.59. The Hall–Kier alpha value is -1.86. The minimum Gasteiger partial charge on any atom is -0.366 e. The average Bonchev–Trinajstić information content (AvgIpc) is 2.65. The number of nitriles is 1.